The molecule has 0 spiro atoms. The molecule has 0 saturated carbocycles. The first kappa shape index (κ1) is 12.8. The first-order valence-electron chi connectivity index (χ1n) is 5.62. The fourth-order valence-electron chi connectivity index (χ4n) is 1.50. The molecule has 18 heavy (non-hydrogen) atoms. The van der Waals surface area contributed by atoms with E-state index in [-0.39, 0.29) is 5.88 Å². The van der Waals surface area contributed by atoms with Crippen LogP contribution in [0.5, 0.6) is 5.75 Å². The number of rotatable bonds is 5. The molecule has 2 aromatic rings. The van der Waals surface area contributed by atoms with Crippen LogP contribution < -0.4 is 4.74 Å². The van der Waals surface area contributed by atoms with Crippen LogP contribution in [0.3, 0.4) is 0 Å². The van der Waals surface area contributed by atoms with Crippen LogP contribution in [-0.2, 0) is 5.88 Å². The molecule has 0 aromatic carbocycles. The molecular weight excluding hydrogens is 257 g/mol. The SMILES string of the molecule is CCCOc1cnn(-c2ncc(F)cc2CCl)c1. The zero-order valence-electron chi connectivity index (χ0n) is 9.94. The minimum absolute atomic E-state index is 0.172. The van der Waals surface area contributed by atoms with E-state index in [0.717, 1.165) is 12.6 Å². The van der Waals surface area contributed by atoms with E-state index >= 15 is 0 Å². The van der Waals surface area contributed by atoms with Crippen molar-refractivity contribution in [3.05, 3.63) is 36.0 Å². The Morgan fingerprint density at radius 1 is 1.44 bits per heavy atom. The monoisotopic (exact) mass is 269 g/mol. The molecule has 0 aliphatic rings. The van der Waals surface area contributed by atoms with Gasteiger partial charge in [-0.25, -0.2) is 14.1 Å². The van der Waals surface area contributed by atoms with E-state index in [4.69, 9.17) is 16.3 Å². The highest BCUT2D eigenvalue weighted by molar-refractivity contribution is 6.17. The van der Waals surface area contributed by atoms with Gasteiger partial charge in [0.1, 0.15) is 5.82 Å². The van der Waals surface area contributed by atoms with Crippen molar-refractivity contribution in [1.82, 2.24) is 14.8 Å². The highest BCUT2D eigenvalue weighted by Gasteiger charge is 2.09. The minimum atomic E-state index is -0.413. The van der Waals surface area contributed by atoms with Gasteiger partial charge in [-0.2, -0.15) is 5.10 Å². The van der Waals surface area contributed by atoms with Crippen LogP contribution in [0, 0.1) is 5.82 Å². The fourth-order valence-corrected chi connectivity index (χ4v) is 1.69. The third-order valence-electron chi connectivity index (χ3n) is 2.30. The van der Waals surface area contributed by atoms with Crippen molar-refractivity contribution in [2.24, 2.45) is 0 Å². The summed E-state index contributed by atoms with van der Waals surface area (Å²) < 4.78 is 20.0. The molecular formula is C12H13ClFN3O. The van der Waals surface area contributed by atoms with Gasteiger partial charge in [0.15, 0.2) is 11.6 Å². The van der Waals surface area contributed by atoms with Gasteiger partial charge in [0.05, 0.1) is 31.1 Å². The fraction of sp³-hybridized carbons (Fsp3) is 0.333. The van der Waals surface area contributed by atoms with Crippen LogP contribution in [0.25, 0.3) is 5.82 Å². The lowest BCUT2D eigenvalue weighted by Gasteiger charge is -2.05. The van der Waals surface area contributed by atoms with Crippen molar-refractivity contribution >= 4 is 11.6 Å². The van der Waals surface area contributed by atoms with E-state index in [1.54, 1.807) is 12.4 Å². The maximum Gasteiger partial charge on any atom is 0.158 e. The maximum atomic E-state index is 13.0. The van der Waals surface area contributed by atoms with Crippen molar-refractivity contribution in [2.45, 2.75) is 19.2 Å². The highest BCUT2D eigenvalue weighted by atomic mass is 35.5. The second-order valence-electron chi connectivity index (χ2n) is 3.74. The van der Waals surface area contributed by atoms with Crippen LogP contribution in [-0.4, -0.2) is 21.4 Å². The third-order valence-corrected chi connectivity index (χ3v) is 2.59. The number of alkyl halides is 1. The number of ether oxygens (including phenoxy) is 1. The van der Waals surface area contributed by atoms with Crippen molar-refractivity contribution in [3.63, 3.8) is 0 Å². The smallest absolute Gasteiger partial charge is 0.158 e. The van der Waals surface area contributed by atoms with Gasteiger partial charge < -0.3 is 4.74 Å². The van der Waals surface area contributed by atoms with Crippen LogP contribution >= 0.6 is 11.6 Å². The second kappa shape index (κ2) is 5.82. The summed E-state index contributed by atoms with van der Waals surface area (Å²) in [7, 11) is 0. The molecule has 2 aromatic heterocycles. The zero-order chi connectivity index (χ0) is 13.0. The van der Waals surface area contributed by atoms with Gasteiger partial charge in [0.25, 0.3) is 0 Å². The first-order chi connectivity index (χ1) is 8.74. The molecule has 4 nitrogen and oxygen atoms in total. The lowest BCUT2D eigenvalue weighted by atomic mass is 10.3. The molecule has 0 aliphatic heterocycles. The first-order valence-corrected chi connectivity index (χ1v) is 6.16. The topological polar surface area (TPSA) is 39.9 Å². The molecule has 0 amide bonds. The molecule has 0 unspecified atom stereocenters. The Labute approximate surface area is 109 Å². The molecule has 0 atom stereocenters. The maximum absolute atomic E-state index is 13.0. The van der Waals surface area contributed by atoms with E-state index in [1.807, 2.05) is 6.92 Å². The molecule has 2 rings (SSSR count). The normalized spacial score (nSPS) is 10.6. The van der Waals surface area contributed by atoms with Crippen molar-refractivity contribution in [1.29, 1.82) is 0 Å². The molecule has 96 valence electrons. The van der Waals surface area contributed by atoms with Gasteiger partial charge in [-0.15, -0.1) is 11.6 Å². The van der Waals surface area contributed by atoms with E-state index in [0.29, 0.717) is 23.7 Å². The van der Waals surface area contributed by atoms with E-state index in [2.05, 4.69) is 10.1 Å². The van der Waals surface area contributed by atoms with E-state index < -0.39 is 5.82 Å². The van der Waals surface area contributed by atoms with Crippen LogP contribution in [0.2, 0.25) is 0 Å². The molecule has 2 heterocycles. The van der Waals surface area contributed by atoms with Crippen molar-refractivity contribution < 1.29 is 9.13 Å². The Kier molecular flexibility index (Phi) is 4.15. The summed E-state index contributed by atoms with van der Waals surface area (Å²) in [6.07, 6.45) is 5.36. The van der Waals surface area contributed by atoms with Gasteiger partial charge in [-0.1, -0.05) is 6.92 Å². The molecule has 0 fully saturated rings. The predicted molar refractivity (Wildman–Crippen MR) is 66.7 cm³/mol. The number of halogens is 2. The number of pyridine rings is 1. The van der Waals surface area contributed by atoms with Gasteiger partial charge in [0, 0.05) is 5.56 Å². The van der Waals surface area contributed by atoms with Crippen LogP contribution in [0.15, 0.2) is 24.7 Å². The number of hydrogen-bond donors (Lipinski definition) is 0. The van der Waals surface area contributed by atoms with Crippen LogP contribution in [0.4, 0.5) is 4.39 Å². The standard InChI is InChI=1S/C12H13ClFN3O/c1-2-3-18-11-7-16-17(8-11)12-9(5-13)4-10(14)6-15-12/h4,6-8H,2-3,5H2,1H3. The van der Waals surface area contributed by atoms with E-state index in [1.165, 1.54) is 10.7 Å². The Hall–Kier alpha value is -1.62. The number of nitrogens with zero attached hydrogens (tertiary/aromatic N) is 3. The summed E-state index contributed by atoms with van der Waals surface area (Å²) in [5.74, 6) is 0.927. The summed E-state index contributed by atoms with van der Waals surface area (Å²) in [5, 5.41) is 4.13. The Morgan fingerprint density at radius 2 is 2.28 bits per heavy atom. The Balaban J connectivity index is 2.28. The van der Waals surface area contributed by atoms with E-state index in [9.17, 15) is 4.39 Å². The number of aromatic nitrogens is 3. The average Bonchev–Trinajstić information content (AvgIpc) is 2.84. The van der Waals surface area contributed by atoms with Gasteiger partial charge in [0.2, 0.25) is 0 Å². The second-order valence-corrected chi connectivity index (χ2v) is 4.01. The molecule has 0 N–H and O–H groups in total. The summed E-state index contributed by atoms with van der Waals surface area (Å²) in [4.78, 5) is 4.00. The Morgan fingerprint density at radius 3 is 3.00 bits per heavy atom. The summed E-state index contributed by atoms with van der Waals surface area (Å²) in [6, 6.07) is 1.35. The lowest BCUT2D eigenvalue weighted by Crippen LogP contribution is -2.03. The average molecular weight is 270 g/mol. The van der Waals surface area contributed by atoms with Gasteiger partial charge >= 0.3 is 0 Å². The molecule has 6 heteroatoms. The third kappa shape index (κ3) is 2.79. The van der Waals surface area contributed by atoms with Gasteiger partial charge in [-0.05, 0) is 12.5 Å². The van der Waals surface area contributed by atoms with Crippen molar-refractivity contribution in [3.8, 4) is 11.6 Å². The summed E-state index contributed by atoms with van der Waals surface area (Å²) >= 11 is 5.77. The molecule has 0 radical (unpaired) electrons. The molecule has 0 aliphatic carbocycles. The highest BCUT2D eigenvalue weighted by Crippen LogP contribution is 2.18. The summed E-state index contributed by atoms with van der Waals surface area (Å²) in [5.41, 5.74) is 0.585. The Bertz CT molecular complexity index is 530. The number of hydrogen-bond acceptors (Lipinski definition) is 3. The molecule has 0 saturated heterocycles. The van der Waals surface area contributed by atoms with Crippen molar-refractivity contribution in [2.75, 3.05) is 6.61 Å². The van der Waals surface area contributed by atoms with Crippen LogP contribution in [0.1, 0.15) is 18.9 Å². The summed E-state index contributed by atoms with van der Waals surface area (Å²) in [6.45, 7) is 2.66. The largest absolute Gasteiger partial charge is 0.490 e. The predicted octanol–water partition coefficient (Wildman–Crippen LogP) is 2.93. The zero-order valence-corrected chi connectivity index (χ0v) is 10.7. The quantitative estimate of drug-likeness (QED) is 0.784. The lowest BCUT2D eigenvalue weighted by molar-refractivity contribution is 0.317. The molecule has 0 bridgehead atoms. The minimum Gasteiger partial charge on any atom is -0.490 e. The van der Waals surface area contributed by atoms with Gasteiger partial charge in [-0.3, -0.25) is 0 Å².